The molecule has 2 fully saturated rings. The largest absolute Gasteiger partial charge is 0.457 e. The molecule has 4 rings (SSSR count). The molecular weight excluding hydrogens is 537 g/mol. The first-order valence-corrected chi connectivity index (χ1v) is 15.5. The van der Waals surface area contributed by atoms with Gasteiger partial charge in [0, 0.05) is 50.4 Å². The maximum atomic E-state index is 14.7. The van der Waals surface area contributed by atoms with Crippen LogP contribution in [0.5, 0.6) is 0 Å². The van der Waals surface area contributed by atoms with E-state index in [0.717, 1.165) is 43.7 Å². The number of carbonyl (C=O) groups excluding carboxylic acids is 2. The average molecular weight is 586 g/mol. The fourth-order valence-electron chi connectivity index (χ4n) is 6.14. The van der Waals surface area contributed by atoms with Crippen LogP contribution in [0, 0.1) is 17.7 Å². The molecule has 0 bridgehead atoms. The lowest BCUT2D eigenvalue weighted by molar-refractivity contribution is -0.151. The molecular formula is C33H48FN3O5. The van der Waals surface area contributed by atoms with E-state index in [9.17, 15) is 19.1 Å². The van der Waals surface area contributed by atoms with Crippen molar-refractivity contribution in [3.05, 3.63) is 47.3 Å². The fourth-order valence-corrected chi connectivity index (χ4v) is 6.14. The molecule has 1 aromatic carbocycles. The van der Waals surface area contributed by atoms with Gasteiger partial charge in [0.1, 0.15) is 18.0 Å². The maximum Gasteiger partial charge on any atom is 0.410 e. The van der Waals surface area contributed by atoms with Crippen molar-refractivity contribution >= 4 is 23.8 Å². The highest BCUT2D eigenvalue weighted by Crippen LogP contribution is 2.30. The Morgan fingerprint density at radius 1 is 1.05 bits per heavy atom. The van der Waals surface area contributed by atoms with Gasteiger partial charge in [-0.05, 0) is 87.9 Å². The third-order valence-corrected chi connectivity index (χ3v) is 8.89. The number of aliphatic hydroxyl groups is 1. The summed E-state index contributed by atoms with van der Waals surface area (Å²) in [6, 6.07) is 5.40. The number of likely N-dealkylation sites (N-methyl/N-ethyl adjacent to an activating group) is 1. The predicted octanol–water partition coefficient (Wildman–Crippen LogP) is 5.26. The number of hydrogen-bond acceptors (Lipinski definition) is 7. The van der Waals surface area contributed by atoms with Crippen LogP contribution in [0.25, 0.3) is 6.08 Å². The Labute approximate surface area is 250 Å². The molecule has 9 heteroatoms. The minimum atomic E-state index is -0.856. The van der Waals surface area contributed by atoms with Crippen LogP contribution < -0.4 is 4.90 Å². The standard InChI is InChI=1S/C33H48FN3O5/c1-22-8-10-29(38)21-31(39)42-32(23(2)9-11-30(22)41-33(40)36-15-13-35(5)14-16-36)24(3)17-26-18-27(34)20-28(19-26)37-12-6-7-25(37)4/h9,11,17-20,22-23,25,29-30,32,38H,6-8,10,12-16,21H2,1-5H3/b11-9+,24-17+/t22-,23-,25-,29+,30-,32-/m0/s1. The first-order valence-electron chi connectivity index (χ1n) is 15.5. The van der Waals surface area contributed by atoms with Gasteiger partial charge in [-0.3, -0.25) is 4.79 Å². The molecule has 0 unspecified atom stereocenters. The molecule has 0 aliphatic carbocycles. The summed E-state index contributed by atoms with van der Waals surface area (Å²) in [6.45, 7) is 11.7. The molecule has 3 aliphatic rings. The Balaban J connectivity index is 1.57. The van der Waals surface area contributed by atoms with Gasteiger partial charge in [0.2, 0.25) is 0 Å². The van der Waals surface area contributed by atoms with Gasteiger partial charge in [-0.25, -0.2) is 9.18 Å². The van der Waals surface area contributed by atoms with Crippen LogP contribution >= 0.6 is 0 Å². The quantitative estimate of drug-likeness (QED) is 0.382. The van der Waals surface area contributed by atoms with Crippen molar-refractivity contribution in [2.45, 2.75) is 84.2 Å². The number of carbonyl (C=O) groups is 2. The highest BCUT2D eigenvalue weighted by atomic mass is 19.1. The number of amides is 1. The number of aliphatic hydroxyl groups excluding tert-OH is 1. The van der Waals surface area contributed by atoms with E-state index in [0.29, 0.717) is 37.5 Å². The lowest BCUT2D eigenvalue weighted by Crippen LogP contribution is -2.48. The summed E-state index contributed by atoms with van der Waals surface area (Å²) >= 11 is 0. The number of cyclic esters (lactones) is 1. The Morgan fingerprint density at radius 3 is 2.48 bits per heavy atom. The molecule has 2 saturated heterocycles. The maximum absolute atomic E-state index is 14.7. The van der Waals surface area contributed by atoms with E-state index < -0.39 is 24.3 Å². The normalized spacial score (nSPS) is 31.2. The zero-order valence-corrected chi connectivity index (χ0v) is 25.8. The molecule has 42 heavy (non-hydrogen) atoms. The summed E-state index contributed by atoms with van der Waals surface area (Å²) in [7, 11) is 2.04. The minimum absolute atomic E-state index is 0.0521. The summed E-state index contributed by atoms with van der Waals surface area (Å²) in [4.78, 5) is 32.0. The molecule has 1 amide bonds. The highest BCUT2D eigenvalue weighted by molar-refractivity contribution is 5.71. The third kappa shape index (κ3) is 8.57. The first kappa shape index (κ1) is 32.0. The van der Waals surface area contributed by atoms with Gasteiger partial charge in [-0.1, -0.05) is 26.0 Å². The molecule has 0 spiro atoms. The number of halogens is 1. The second kappa shape index (κ2) is 14.5. The van der Waals surface area contributed by atoms with Crippen molar-refractivity contribution in [2.75, 3.05) is 44.7 Å². The van der Waals surface area contributed by atoms with Gasteiger partial charge in [0.25, 0.3) is 0 Å². The summed E-state index contributed by atoms with van der Waals surface area (Å²) in [5.41, 5.74) is 2.31. The van der Waals surface area contributed by atoms with E-state index in [1.54, 1.807) is 11.0 Å². The Kier molecular flexibility index (Phi) is 11.1. The van der Waals surface area contributed by atoms with E-state index in [1.165, 1.54) is 6.07 Å². The van der Waals surface area contributed by atoms with Crippen molar-refractivity contribution < 1.29 is 28.6 Å². The number of nitrogens with zero attached hydrogens (tertiary/aromatic N) is 3. The molecule has 0 saturated carbocycles. The van der Waals surface area contributed by atoms with Crippen molar-refractivity contribution in [1.82, 2.24) is 9.80 Å². The van der Waals surface area contributed by atoms with Crippen LogP contribution in [0.2, 0.25) is 0 Å². The molecule has 8 nitrogen and oxygen atoms in total. The lowest BCUT2D eigenvalue weighted by atomic mass is 9.91. The van der Waals surface area contributed by atoms with Gasteiger partial charge in [0.15, 0.2) is 0 Å². The van der Waals surface area contributed by atoms with E-state index in [2.05, 4.69) is 16.7 Å². The fraction of sp³-hybridized carbons (Fsp3) is 0.636. The van der Waals surface area contributed by atoms with Gasteiger partial charge in [-0.2, -0.15) is 0 Å². The molecule has 0 aromatic heterocycles. The number of anilines is 1. The Bertz CT molecular complexity index is 1150. The summed E-state index contributed by atoms with van der Waals surface area (Å²) in [6.07, 6.45) is 6.41. The number of benzene rings is 1. The van der Waals surface area contributed by atoms with Crippen LogP contribution in [0.4, 0.5) is 14.9 Å². The van der Waals surface area contributed by atoms with Crippen LogP contribution in [0.3, 0.4) is 0 Å². The third-order valence-electron chi connectivity index (χ3n) is 8.89. The summed E-state index contributed by atoms with van der Waals surface area (Å²) in [5, 5.41) is 10.6. The van der Waals surface area contributed by atoms with Crippen LogP contribution in [-0.4, -0.2) is 91.1 Å². The first-order chi connectivity index (χ1) is 20.0. The number of esters is 1. The van der Waals surface area contributed by atoms with Crippen LogP contribution in [0.15, 0.2) is 35.9 Å². The van der Waals surface area contributed by atoms with Crippen molar-refractivity contribution in [2.24, 2.45) is 11.8 Å². The molecule has 6 atom stereocenters. The molecule has 232 valence electrons. The highest BCUT2D eigenvalue weighted by Gasteiger charge is 2.29. The summed E-state index contributed by atoms with van der Waals surface area (Å²) in [5.74, 6) is -1.09. The minimum Gasteiger partial charge on any atom is -0.457 e. The van der Waals surface area contributed by atoms with Gasteiger partial charge < -0.3 is 29.3 Å². The second-order valence-electron chi connectivity index (χ2n) is 12.5. The molecule has 0 radical (unpaired) electrons. The van der Waals surface area contributed by atoms with E-state index in [1.807, 2.05) is 52.1 Å². The van der Waals surface area contributed by atoms with Gasteiger partial charge >= 0.3 is 12.1 Å². The van der Waals surface area contributed by atoms with Gasteiger partial charge in [-0.15, -0.1) is 0 Å². The molecule has 3 aliphatic heterocycles. The number of ether oxygens (including phenoxy) is 2. The van der Waals surface area contributed by atoms with E-state index in [-0.39, 0.29) is 30.2 Å². The average Bonchev–Trinajstić information content (AvgIpc) is 3.37. The number of rotatable bonds is 4. The monoisotopic (exact) mass is 585 g/mol. The number of piperazine rings is 1. The molecule has 1 aromatic rings. The SMILES string of the molecule is C/C(=C\c1cc(F)cc(N2CCC[C@@H]2C)c1)[C@H]1OC(=O)C[C@H](O)CC[C@H](C)[C@@H](OC(=O)N2CCN(C)CC2)/C=C/[C@@H]1C. The topological polar surface area (TPSA) is 82.5 Å². The Morgan fingerprint density at radius 2 is 1.79 bits per heavy atom. The zero-order chi connectivity index (χ0) is 30.4. The van der Waals surface area contributed by atoms with E-state index >= 15 is 0 Å². The molecule has 3 heterocycles. The van der Waals surface area contributed by atoms with Crippen molar-refractivity contribution in [3.8, 4) is 0 Å². The van der Waals surface area contributed by atoms with Crippen molar-refractivity contribution in [1.29, 1.82) is 0 Å². The van der Waals surface area contributed by atoms with Crippen LogP contribution in [-0.2, 0) is 14.3 Å². The van der Waals surface area contributed by atoms with Crippen LogP contribution in [0.1, 0.15) is 65.4 Å². The van der Waals surface area contributed by atoms with E-state index in [4.69, 9.17) is 9.47 Å². The zero-order valence-electron chi connectivity index (χ0n) is 25.8. The molecule has 1 N–H and O–H groups in total. The lowest BCUT2D eigenvalue weighted by Gasteiger charge is -2.33. The predicted molar refractivity (Wildman–Crippen MR) is 163 cm³/mol. The van der Waals surface area contributed by atoms with Crippen molar-refractivity contribution in [3.63, 3.8) is 0 Å². The smallest absolute Gasteiger partial charge is 0.410 e. The second-order valence-corrected chi connectivity index (χ2v) is 12.5. The van der Waals surface area contributed by atoms with Gasteiger partial charge in [0.05, 0.1) is 12.5 Å². The Hall–Kier alpha value is -2.91. The summed E-state index contributed by atoms with van der Waals surface area (Å²) < 4.78 is 26.6. The number of hydrogen-bond donors (Lipinski definition) is 1.